The lowest BCUT2D eigenvalue weighted by Gasteiger charge is -2.18. The Balaban J connectivity index is 1.94. The number of para-hydroxylation sites is 1. The standard InChI is InChI=1S/C18H17NO4/c1-23-11-12-5-4-6-13(9-12)17(20)19-10-15(18(21)22)14-7-2-3-8-16(14)19/h2-9,15H,10-11H2,1H3,(H,21,22)/t15-/m0/s1. The minimum atomic E-state index is -0.916. The maximum Gasteiger partial charge on any atom is 0.312 e. The Morgan fingerprint density at radius 2 is 2.00 bits per heavy atom. The molecule has 23 heavy (non-hydrogen) atoms. The third kappa shape index (κ3) is 2.83. The van der Waals surface area contributed by atoms with Crippen LogP contribution in [0.25, 0.3) is 0 Å². The van der Waals surface area contributed by atoms with Gasteiger partial charge in [0.15, 0.2) is 0 Å². The van der Waals surface area contributed by atoms with Crippen LogP contribution in [0, 0.1) is 0 Å². The van der Waals surface area contributed by atoms with Crippen LogP contribution in [0.15, 0.2) is 48.5 Å². The summed E-state index contributed by atoms with van der Waals surface area (Å²) in [4.78, 5) is 25.8. The molecular formula is C18H17NO4. The summed E-state index contributed by atoms with van der Waals surface area (Å²) in [6, 6.07) is 14.4. The van der Waals surface area contributed by atoms with Crippen molar-refractivity contribution >= 4 is 17.6 Å². The first-order valence-corrected chi connectivity index (χ1v) is 7.33. The van der Waals surface area contributed by atoms with Crippen molar-refractivity contribution in [1.82, 2.24) is 0 Å². The van der Waals surface area contributed by atoms with Crippen molar-refractivity contribution in [3.8, 4) is 0 Å². The van der Waals surface area contributed by atoms with Crippen LogP contribution in [0.4, 0.5) is 5.69 Å². The van der Waals surface area contributed by atoms with E-state index in [9.17, 15) is 14.7 Å². The number of amides is 1. The molecule has 1 atom stereocenters. The lowest BCUT2D eigenvalue weighted by molar-refractivity contribution is -0.138. The maximum absolute atomic E-state index is 12.8. The van der Waals surface area contributed by atoms with E-state index < -0.39 is 11.9 Å². The maximum atomic E-state index is 12.8. The van der Waals surface area contributed by atoms with Gasteiger partial charge in [0.2, 0.25) is 0 Å². The second-order valence-electron chi connectivity index (χ2n) is 5.50. The van der Waals surface area contributed by atoms with Crippen molar-refractivity contribution in [1.29, 1.82) is 0 Å². The number of nitrogens with zero attached hydrogens (tertiary/aromatic N) is 1. The van der Waals surface area contributed by atoms with Crippen LogP contribution in [0.3, 0.4) is 0 Å². The number of fused-ring (bicyclic) bond motifs is 1. The zero-order valence-electron chi connectivity index (χ0n) is 12.7. The molecule has 0 aromatic heterocycles. The number of carbonyl (C=O) groups is 2. The topological polar surface area (TPSA) is 66.8 Å². The van der Waals surface area contributed by atoms with E-state index >= 15 is 0 Å². The van der Waals surface area contributed by atoms with Crippen LogP contribution in [0.2, 0.25) is 0 Å². The highest BCUT2D eigenvalue weighted by atomic mass is 16.5. The molecule has 3 rings (SSSR count). The number of rotatable bonds is 4. The molecule has 1 N–H and O–H groups in total. The van der Waals surface area contributed by atoms with Gasteiger partial charge in [0, 0.05) is 24.9 Å². The molecule has 0 unspecified atom stereocenters. The van der Waals surface area contributed by atoms with Gasteiger partial charge < -0.3 is 14.7 Å². The van der Waals surface area contributed by atoms with Crippen molar-refractivity contribution in [2.24, 2.45) is 0 Å². The molecule has 5 heteroatoms. The van der Waals surface area contributed by atoms with Crippen LogP contribution in [-0.4, -0.2) is 30.6 Å². The zero-order chi connectivity index (χ0) is 16.4. The second-order valence-corrected chi connectivity index (χ2v) is 5.50. The third-order valence-corrected chi connectivity index (χ3v) is 4.00. The normalized spacial score (nSPS) is 16.2. The van der Waals surface area contributed by atoms with Crippen molar-refractivity contribution in [3.05, 3.63) is 65.2 Å². The number of methoxy groups -OCH3 is 1. The predicted molar refractivity (Wildman–Crippen MR) is 85.7 cm³/mol. The third-order valence-electron chi connectivity index (χ3n) is 4.00. The van der Waals surface area contributed by atoms with Crippen molar-refractivity contribution in [3.63, 3.8) is 0 Å². The van der Waals surface area contributed by atoms with Crippen LogP contribution in [0.5, 0.6) is 0 Å². The largest absolute Gasteiger partial charge is 0.481 e. The second kappa shape index (κ2) is 6.22. The fourth-order valence-electron chi connectivity index (χ4n) is 2.93. The number of benzene rings is 2. The summed E-state index contributed by atoms with van der Waals surface area (Å²) >= 11 is 0. The highest BCUT2D eigenvalue weighted by Crippen LogP contribution is 2.37. The van der Waals surface area contributed by atoms with E-state index in [1.807, 2.05) is 12.1 Å². The fourth-order valence-corrected chi connectivity index (χ4v) is 2.93. The number of carboxylic acid groups (broad SMARTS) is 1. The number of carbonyl (C=O) groups excluding carboxylic acids is 1. The number of hydrogen-bond donors (Lipinski definition) is 1. The Morgan fingerprint density at radius 1 is 1.22 bits per heavy atom. The summed E-state index contributed by atoms with van der Waals surface area (Å²) in [5.41, 5.74) is 2.78. The van der Waals surface area contributed by atoms with E-state index in [2.05, 4.69) is 0 Å². The van der Waals surface area contributed by atoms with Gasteiger partial charge in [-0.3, -0.25) is 9.59 Å². The summed E-state index contributed by atoms with van der Waals surface area (Å²) in [7, 11) is 1.60. The molecular weight excluding hydrogens is 294 g/mol. The Labute approximate surface area is 134 Å². The van der Waals surface area contributed by atoms with Gasteiger partial charge in [-0.25, -0.2) is 0 Å². The highest BCUT2D eigenvalue weighted by Gasteiger charge is 2.36. The first-order chi connectivity index (χ1) is 11.1. The molecule has 1 heterocycles. The van der Waals surface area contributed by atoms with Crippen molar-refractivity contribution in [2.45, 2.75) is 12.5 Å². The van der Waals surface area contributed by atoms with Gasteiger partial charge in [-0.1, -0.05) is 30.3 Å². The van der Waals surface area contributed by atoms with E-state index in [0.717, 1.165) is 5.56 Å². The van der Waals surface area contributed by atoms with Crippen LogP contribution in [0.1, 0.15) is 27.4 Å². The van der Waals surface area contributed by atoms with Gasteiger partial charge in [0.05, 0.1) is 6.61 Å². The molecule has 0 saturated heterocycles. The van der Waals surface area contributed by atoms with Crippen LogP contribution < -0.4 is 4.90 Å². The molecule has 0 saturated carbocycles. The lowest BCUT2D eigenvalue weighted by atomic mass is 10.0. The number of carboxylic acids is 1. The number of ether oxygens (including phenoxy) is 1. The molecule has 1 amide bonds. The van der Waals surface area contributed by atoms with Crippen LogP contribution in [-0.2, 0) is 16.1 Å². The SMILES string of the molecule is COCc1cccc(C(=O)N2C[C@H](C(=O)O)c3ccccc32)c1. The van der Waals surface area contributed by atoms with E-state index in [0.29, 0.717) is 23.4 Å². The van der Waals surface area contributed by atoms with Gasteiger partial charge in [-0.15, -0.1) is 0 Å². The molecule has 0 bridgehead atoms. The van der Waals surface area contributed by atoms with Gasteiger partial charge in [0.1, 0.15) is 5.92 Å². The molecule has 5 nitrogen and oxygen atoms in total. The van der Waals surface area contributed by atoms with E-state index in [1.165, 1.54) is 0 Å². The summed E-state index contributed by atoms with van der Waals surface area (Å²) in [5, 5.41) is 9.39. The van der Waals surface area contributed by atoms with Gasteiger partial charge in [-0.05, 0) is 29.3 Å². The molecule has 118 valence electrons. The average molecular weight is 311 g/mol. The quantitative estimate of drug-likeness (QED) is 0.942. The Bertz CT molecular complexity index is 756. The minimum Gasteiger partial charge on any atom is -0.481 e. The lowest BCUT2D eigenvalue weighted by Crippen LogP contribution is -2.31. The number of hydrogen-bond acceptors (Lipinski definition) is 3. The number of aliphatic carboxylic acids is 1. The molecule has 0 aliphatic carbocycles. The summed E-state index contributed by atoms with van der Waals surface area (Å²) in [6.07, 6.45) is 0. The molecule has 0 radical (unpaired) electrons. The minimum absolute atomic E-state index is 0.155. The summed E-state index contributed by atoms with van der Waals surface area (Å²) in [6.45, 7) is 0.581. The average Bonchev–Trinajstić information content (AvgIpc) is 2.95. The van der Waals surface area contributed by atoms with E-state index in [1.54, 1.807) is 48.4 Å². The molecule has 2 aromatic carbocycles. The Kier molecular flexibility index (Phi) is 4.12. The zero-order valence-corrected chi connectivity index (χ0v) is 12.7. The van der Waals surface area contributed by atoms with Gasteiger partial charge in [-0.2, -0.15) is 0 Å². The Morgan fingerprint density at radius 3 is 2.74 bits per heavy atom. The summed E-state index contributed by atoms with van der Waals surface area (Å²) < 4.78 is 5.09. The molecule has 1 aliphatic rings. The monoisotopic (exact) mass is 311 g/mol. The van der Waals surface area contributed by atoms with E-state index in [-0.39, 0.29) is 12.5 Å². The first-order valence-electron chi connectivity index (χ1n) is 7.33. The molecule has 2 aromatic rings. The van der Waals surface area contributed by atoms with E-state index in [4.69, 9.17) is 4.74 Å². The fraction of sp³-hybridized carbons (Fsp3) is 0.222. The summed E-state index contributed by atoms with van der Waals surface area (Å²) in [5.74, 6) is -1.79. The van der Waals surface area contributed by atoms with Crippen molar-refractivity contribution < 1.29 is 19.4 Å². The first kappa shape index (κ1) is 15.2. The van der Waals surface area contributed by atoms with Crippen LogP contribution >= 0.6 is 0 Å². The number of anilines is 1. The smallest absolute Gasteiger partial charge is 0.312 e. The van der Waals surface area contributed by atoms with Gasteiger partial charge >= 0.3 is 5.97 Å². The van der Waals surface area contributed by atoms with Gasteiger partial charge in [0.25, 0.3) is 5.91 Å². The molecule has 1 aliphatic heterocycles. The Hall–Kier alpha value is -2.66. The van der Waals surface area contributed by atoms with Crippen molar-refractivity contribution in [2.75, 3.05) is 18.6 Å². The molecule has 0 fully saturated rings. The molecule has 0 spiro atoms. The predicted octanol–water partition coefficient (Wildman–Crippen LogP) is 2.66. The highest BCUT2D eigenvalue weighted by molar-refractivity contribution is 6.08.